The summed E-state index contributed by atoms with van der Waals surface area (Å²) in [6.07, 6.45) is 5.00. The molecule has 0 radical (unpaired) electrons. The Labute approximate surface area is 189 Å². The summed E-state index contributed by atoms with van der Waals surface area (Å²) in [5.74, 6) is 0.342. The molecule has 11 heteroatoms. The van der Waals surface area contributed by atoms with Crippen molar-refractivity contribution in [2.45, 2.75) is 11.8 Å². The second-order valence-corrected chi connectivity index (χ2v) is 8.70. The summed E-state index contributed by atoms with van der Waals surface area (Å²) in [7, 11) is -3.94. The average molecular weight is 462 g/mol. The van der Waals surface area contributed by atoms with Crippen molar-refractivity contribution in [1.29, 1.82) is 0 Å². The van der Waals surface area contributed by atoms with E-state index in [9.17, 15) is 18.5 Å². The number of anilines is 3. The first kappa shape index (κ1) is 21.8. The van der Waals surface area contributed by atoms with Crippen LogP contribution in [0, 0.1) is 17.0 Å². The zero-order valence-corrected chi connectivity index (χ0v) is 18.2. The van der Waals surface area contributed by atoms with E-state index < -0.39 is 14.9 Å². The van der Waals surface area contributed by atoms with Crippen molar-refractivity contribution < 1.29 is 13.3 Å². The molecular formula is C22H18N6O4S. The summed E-state index contributed by atoms with van der Waals surface area (Å²) in [6.45, 7) is 1.86. The van der Waals surface area contributed by atoms with Gasteiger partial charge in [-0.2, -0.15) is 0 Å². The number of nitro benzene ring substituents is 1. The van der Waals surface area contributed by atoms with E-state index in [2.05, 4.69) is 25.0 Å². The molecule has 0 aliphatic rings. The second-order valence-electron chi connectivity index (χ2n) is 7.02. The molecule has 0 spiro atoms. The van der Waals surface area contributed by atoms with Crippen molar-refractivity contribution in [3.63, 3.8) is 0 Å². The van der Waals surface area contributed by atoms with Crippen LogP contribution in [0.15, 0.2) is 84.1 Å². The molecule has 0 aliphatic carbocycles. The lowest BCUT2D eigenvalue weighted by Gasteiger charge is -2.13. The van der Waals surface area contributed by atoms with E-state index >= 15 is 0 Å². The van der Waals surface area contributed by atoms with Crippen LogP contribution in [0.4, 0.5) is 23.0 Å². The average Bonchev–Trinajstić information content (AvgIpc) is 2.82. The van der Waals surface area contributed by atoms with Crippen molar-refractivity contribution in [3.8, 4) is 11.3 Å². The fourth-order valence-electron chi connectivity index (χ4n) is 3.00. The number of hydrogen-bond donors (Lipinski definition) is 2. The molecule has 166 valence electrons. The highest BCUT2D eigenvalue weighted by Crippen LogP contribution is 2.26. The first-order chi connectivity index (χ1) is 15.8. The van der Waals surface area contributed by atoms with Gasteiger partial charge in [0.15, 0.2) is 0 Å². The van der Waals surface area contributed by atoms with Crippen LogP contribution in [0.1, 0.15) is 5.56 Å². The van der Waals surface area contributed by atoms with Crippen LogP contribution in [0.5, 0.6) is 0 Å². The van der Waals surface area contributed by atoms with E-state index in [4.69, 9.17) is 0 Å². The standard InChI is InChI=1S/C22H18N6O4S/c1-15-4-5-17(27-33(31,32)19-8-6-18(7-9-19)28(29)30)13-21(15)26-22-24-12-10-20(25-22)16-3-2-11-23-14-16/h2-14,27H,1H3,(H,24,25,26). The van der Waals surface area contributed by atoms with Gasteiger partial charge in [-0.25, -0.2) is 18.4 Å². The van der Waals surface area contributed by atoms with Crippen LogP contribution in [0.3, 0.4) is 0 Å². The third kappa shape index (κ3) is 5.10. The molecule has 0 saturated carbocycles. The molecule has 2 aromatic carbocycles. The maximum atomic E-state index is 12.7. The Bertz CT molecular complexity index is 1410. The van der Waals surface area contributed by atoms with E-state index in [0.29, 0.717) is 23.0 Å². The number of hydrogen-bond acceptors (Lipinski definition) is 8. The summed E-state index contributed by atoms with van der Waals surface area (Å²) in [6, 6.07) is 15.1. The van der Waals surface area contributed by atoms with Gasteiger partial charge in [-0.05, 0) is 55.0 Å². The molecule has 2 N–H and O–H groups in total. The SMILES string of the molecule is Cc1ccc(NS(=O)(=O)c2ccc([N+](=O)[O-])cc2)cc1Nc1nccc(-c2cccnc2)n1. The molecule has 10 nitrogen and oxygen atoms in total. The molecule has 0 amide bonds. The van der Waals surface area contributed by atoms with Crippen LogP contribution in [-0.2, 0) is 10.0 Å². The van der Waals surface area contributed by atoms with Crippen LogP contribution in [0.25, 0.3) is 11.3 Å². The lowest BCUT2D eigenvalue weighted by Crippen LogP contribution is -2.13. The number of benzene rings is 2. The molecule has 4 aromatic rings. The molecule has 0 bridgehead atoms. The lowest BCUT2D eigenvalue weighted by atomic mass is 10.2. The zero-order valence-electron chi connectivity index (χ0n) is 17.3. The van der Waals surface area contributed by atoms with Gasteiger partial charge < -0.3 is 5.32 Å². The number of rotatable bonds is 7. The van der Waals surface area contributed by atoms with Crippen molar-refractivity contribution in [2.75, 3.05) is 10.0 Å². The molecule has 0 fully saturated rings. The molecule has 0 saturated heterocycles. The maximum absolute atomic E-state index is 12.7. The number of non-ortho nitro benzene ring substituents is 1. The third-order valence-electron chi connectivity index (χ3n) is 4.71. The molecule has 2 heterocycles. The smallest absolute Gasteiger partial charge is 0.269 e. The highest BCUT2D eigenvalue weighted by Gasteiger charge is 2.17. The Kier molecular flexibility index (Phi) is 5.96. The summed E-state index contributed by atoms with van der Waals surface area (Å²) in [5.41, 5.74) is 3.11. The molecule has 2 aromatic heterocycles. The van der Waals surface area contributed by atoms with Crippen LogP contribution in [0.2, 0.25) is 0 Å². The fourth-order valence-corrected chi connectivity index (χ4v) is 4.05. The van der Waals surface area contributed by atoms with Gasteiger partial charge in [0.2, 0.25) is 5.95 Å². The topological polar surface area (TPSA) is 140 Å². The Morgan fingerprint density at radius 2 is 1.79 bits per heavy atom. The minimum absolute atomic E-state index is 0.0873. The highest BCUT2D eigenvalue weighted by molar-refractivity contribution is 7.92. The third-order valence-corrected chi connectivity index (χ3v) is 6.10. The minimum Gasteiger partial charge on any atom is -0.324 e. The predicted molar refractivity (Wildman–Crippen MR) is 124 cm³/mol. The number of nitro groups is 1. The van der Waals surface area contributed by atoms with Crippen LogP contribution in [-0.4, -0.2) is 28.3 Å². The first-order valence-corrected chi connectivity index (χ1v) is 11.2. The van der Waals surface area contributed by atoms with Crippen molar-refractivity contribution in [2.24, 2.45) is 0 Å². The van der Waals surface area contributed by atoms with Crippen LogP contribution >= 0.6 is 0 Å². The van der Waals surface area contributed by atoms with Gasteiger partial charge in [-0.3, -0.25) is 19.8 Å². The molecular weight excluding hydrogens is 444 g/mol. The summed E-state index contributed by atoms with van der Waals surface area (Å²) in [4.78, 5) is 22.9. The lowest BCUT2D eigenvalue weighted by molar-refractivity contribution is -0.384. The number of aryl methyl sites for hydroxylation is 1. The largest absolute Gasteiger partial charge is 0.324 e. The second kappa shape index (κ2) is 9.01. The van der Waals surface area contributed by atoms with Gasteiger partial charge in [-0.1, -0.05) is 6.07 Å². The predicted octanol–water partition coefficient (Wildman–Crippen LogP) is 4.30. The number of sulfonamides is 1. The van der Waals surface area contributed by atoms with Crippen molar-refractivity contribution >= 4 is 33.0 Å². The Morgan fingerprint density at radius 3 is 2.48 bits per heavy atom. The van der Waals surface area contributed by atoms with Crippen molar-refractivity contribution in [1.82, 2.24) is 15.0 Å². The molecule has 33 heavy (non-hydrogen) atoms. The molecule has 0 unspecified atom stereocenters. The summed E-state index contributed by atoms with van der Waals surface area (Å²) >= 11 is 0. The molecule has 0 aliphatic heterocycles. The van der Waals surface area contributed by atoms with E-state index in [1.165, 1.54) is 12.1 Å². The Morgan fingerprint density at radius 1 is 1.00 bits per heavy atom. The fraction of sp³-hybridized carbons (Fsp3) is 0.0455. The number of aromatic nitrogens is 3. The minimum atomic E-state index is -3.94. The van der Waals surface area contributed by atoms with Gasteiger partial charge in [0.05, 0.1) is 21.2 Å². The van der Waals surface area contributed by atoms with E-state index in [1.54, 1.807) is 42.9 Å². The van der Waals surface area contributed by atoms with Crippen molar-refractivity contribution in [3.05, 3.63) is 94.9 Å². The Hall–Kier alpha value is -4.38. The van der Waals surface area contributed by atoms with Gasteiger partial charge in [-0.15, -0.1) is 0 Å². The maximum Gasteiger partial charge on any atom is 0.269 e. The van der Waals surface area contributed by atoms with E-state index in [0.717, 1.165) is 23.3 Å². The number of nitrogens with one attached hydrogen (secondary N) is 2. The molecule has 4 rings (SSSR count). The number of nitrogens with zero attached hydrogens (tertiary/aromatic N) is 4. The van der Waals surface area contributed by atoms with E-state index in [1.807, 2.05) is 19.1 Å². The van der Waals surface area contributed by atoms with Gasteiger partial charge in [0.25, 0.3) is 15.7 Å². The number of pyridine rings is 1. The summed E-state index contributed by atoms with van der Waals surface area (Å²) < 4.78 is 27.9. The van der Waals surface area contributed by atoms with Gasteiger partial charge >= 0.3 is 0 Å². The Balaban J connectivity index is 1.56. The normalized spacial score (nSPS) is 11.1. The molecule has 0 atom stereocenters. The monoisotopic (exact) mass is 462 g/mol. The van der Waals surface area contributed by atoms with Gasteiger partial charge in [0, 0.05) is 42.0 Å². The van der Waals surface area contributed by atoms with Crippen LogP contribution < -0.4 is 10.0 Å². The highest BCUT2D eigenvalue weighted by atomic mass is 32.2. The van der Waals surface area contributed by atoms with E-state index in [-0.39, 0.29) is 10.6 Å². The first-order valence-electron chi connectivity index (χ1n) is 9.70. The van der Waals surface area contributed by atoms with Gasteiger partial charge in [0.1, 0.15) is 0 Å². The zero-order chi connectivity index (χ0) is 23.4. The quantitative estimate of drug-likeness (QED) is 0.306. The summed E-state index contributed by atoms with van der Waals surface area (Å²) in [5, 5.41) is 13.9.